The summed E-state index contributed by atoms with van der Waals surface area (Å²) in [6.45, 7) is 6.81. The first-order valence-electron chi connectivity index (χ1n) is 6.01. The third-order valence-electron chi connectivity index (χ3n) is 2.88. The Kier molecular flexibility index (Phi) is 3.42. The van der Waals surface area contributed by atoms with Crippen LogP contribution in [0.1, 0.15) is 42.3 Å². The van der Waals surface area contributed by atoms with Crippen molar-refractivity contribution < 1.29 is 0 Å². The Morgan fingerprint density at radius 2 is 1.94 bits per heavy atom. The SMILES string of the molecule is Cc1ccc(Cn2nnc(C#N)c2C(C)C)cc1. The number of benzene rings is 1. The minimum atomic E-state index is 0.236. The third-order valence-corrected chi connectivity index (χ3v) is 2.88. The molecule has 0 spiro atoms. The molecule has 4 heteroatoms. The van der Waals surface area contributed by atoms with E-state index in [0.29, 0.717) is 12.2 Å². The standard InChI is InChI=1S/C14H16N4/c1-10(2)14-13(8-15)16-17-18(14)9-12-6-4-11(3)5-7-12/h4-7,10H,9H2,1-3H3. The van der Waals surface area contributed by atoms with Gasteiger partial charge in [-0.1, -0.05) is 48.9 Å². The van der Waals surface area contributed by atoms with Crippen LogP contribution < -0.4 is 0 Å². The number of rotatable bonds is 3. The summed E-state index contributed by atoms with van der Waals surface area (Å²) in [6, 6.07) is 10.4. The Hall–Kier alpha value is -2.15. The predicted octanol–water partition coefficient (Wildman–Crippen LogP) is 2.63. The van der Waals surface area contributed by atoms with Gasteiger partial charge in [0.05, 0.1) is 12.2 Å². The van der Waals surface area contributed by atoms with Gasteiger partial charge in [0.1, 0.15) is 6.07 Å². The molecule has 2 rings (SSSR count). The smallest absolute Gasteiger partial charge is 0.186 e. The van der Waals surface area contributed by atoms with Crippen molar-refractivity contribution in [2.45, 2.75) is 33.2 Å². The number of aryl methyl sites for hydroxylation is 1. The van der Waals surface area contributed by atoms with Crippen LogP contribution in [0.3, 0.4) is 0 Å². The quantitative estimate of drug-likeness (QED) is 0.828. The molecular weight excluding hydrogens is 224 g/mol. The van der Waals surface area contributed by atoms with Crippen LogP contribution in [-0.4, -0.2) is 15.0 Å². The van der Waals surface area contributed by atoms with Crippen LogP contribution in [0.5, 0.6) is 0 Å². The number of hydrogen-bond acceptors (Lipinski definition) is 3. The third kappa shape index (κ3) is 2.40. The van der Waals surface area contributed by atoms with Crippen molar-refractivity contribution in [1.29, 1.82) is 5.26 Å². The first-order chi connectivity index (χ1) is 8.61. The van der Waals surface area contributed by atoms with E-state index in [1.165, 1.54) is 5.56 Å². The molecule has 0 fully saturated rings. The fourth-order valence-corrected chi connectivity index (χ4v) is 1.95. The van der Waals surface area contributed by atoms with Crippen LogP contribution in [0.25, 0.3) is 0 Å². The highest BCUT2D eigenvalue weighted by Crippen LogP contribution is 2.18. The lowest BCUT2D eigenvalue weighted by Gasteiger charge is -2.09. The molecule has 0 radical (unpaired) electrons. The summed E-state index contributed by atoms with van der Waals surface area (Å²) in [6.07, 6.45) is 0. The second-order valence-corrected chi connectivity index (χ2v) is 4.73. The number of nitriles is 1. The molecule has 92 valence electrons. The second kappa shape index (κ2) is 5.01. The van der Waals surface area contributed by atoms with Gasteiger partial charge in [-0.15, -0.1) is 5.10 Å². The molecule has 0 aliphatic carbocycles. The first kappa shape index (κ1) is 12.3. The molecule has 0 unspecified atom stereocenters. The molecule has 0 aliphatic heterocycles. The van der Waals surface area contributed by atoms with Crippen LogP contribution in [0.4, 0.5) is 0 Å². The van der Waals surface area contributed by atoms with E-state index < -0.39 is 0 Å². The van der Waals surface area contributed by atoms with E-state index in [0.717, 1.165) is 11.3 Å². The molecule has 1 aromatic carbocycles. The zero-order valence-electron chi connectivity index (χ0n) is 10.9. The molecule has 0 amide bonds. The lowest BCUT2D eigenvalue weighted by atomic mass is 10.1. The van der Waals surface area contributed by atoms with Crippen LogP contribution in [0.2, 0.25) is 0 Å². The molecule has 1 aromatic heterocycles. The van der Waals surface area contributed by atoms with Gasteiger partial charge in [0.25, 0.3) is 0 Å². The van der Waals surface area contributed by atoms with Gasteiger partial charge in [-0.2, -0.15) is 5.26 Å². The van der Waals surface area contributed by atoms with Crippen molar-refractivity contribution in [3.05, 3.63) is 46.8 Å². The summed E-state index contributed by atoms with van der Waals surface area (Å²) in [5, 5.41) is 17.0. The van der Waals surface area contributed by atoms with Crippen LogP contribution >= 0.6 is 0 Å². The Morgan fingerprint density at radius 3 is 2.50 bits per heavy atom. The zero-order valence-corrected chi connectivity index (χ0v) is 10.9. The average Bonchev–Trinajstić information content (AvgIpc) is 2.75. The maximum atomic E-state index is 9.02. The number of aromatic nitrogens is 3. The minimum Gasteiger partial charge on any atom is -0.243 e. The van der Waals surface area contributed by atoms with E-state index in [-0.39, 0.29) is 5.92 Å². The highest BCUT2D eigenvalue weighted by molar-refractivity contribution is 5.28. The molecule has 4 nitrogen and oxygen atoms in total. The van der Waals surface area contributed by atoms with Crippen molar-refractivity contribution in [3.8, 4) is 6.07 Å². The number of nitrogens with zero attached hydrogens (tertiary/aromatic N) is 4. The van der Waals surface area contributed by atoms with Gasteiger partial charge in [-0.3, -0.25) is 0 Å². The predicted molar refractivity (Wildman–Crippen MR) is 69.1 cm³/mol. The average molecular weight is 240 g/mol. The first-order valence-corrected chi connectivity index (χ1v) is 6.01. The lowest BCUT2D eigenvalue weighted by molar-refractivity contribution is 0.598. The highest BCUT2D eigenvalue weighted by atomic mass is 15.4. The molecule has 2 aromatic rings. The monoisotopic (exact) mass is 240 g/mol. The van der Waals surface area contributed by atoms with Gasteiger partial charge in [0.2, 0.25) is 0 Å². The Morgan fingerprint density at radius 1 is 1.28 bits per heavy atom. The molecular formula is C14H16N4. The molecule has 0 bridgehead atoms. The van der Waals surface area contributed by atoms with E-state index in [2.05, 4.69) is 47.6 Å². The Labute approximate surface area is 107 Å². The van der Waals surface area contributed by atoms with Crippen molar-refractivity contribution in [1.82, 2.24) is 15.0 Å². The maximum absolute atomic E-state index is 9.02. The topological polar surface area (TPSA) is 54.5 Å². The summed E-state index contributed by atoms with van der Waals surface area (Å²) in [5.74, 6) is 0.236. The lowest BCUT2D eigenvalue weighted by Crippen LogP contribution is -2.08. The van der Waals surface area contributed by atoms with Crippen LogP contribution in [0, 0.1) is 18.3 Å². The summed E-state index contributed by atoms with van der Waals surface area (Å²) in [7, 11) is 0. The summed E-state index contributed by atoms with van der Waals surface area (Å²) in [4.78, 5) is 0. The van der Waals surface area contributed by atoms with E-state index in [1.54, 1.807) is 0 Å². The normalized spacial score (nSPS) is 10.6. The fourth-order valence-electron chi connectivity index (χ4n) is 1.95. The molecule has 0 N–H and O–H groups in total. The van der Waals surface area contributed by atoms with Gasteiger partial charge < -0.3 is 0 Å². The Balaban J connectivity index is 2.32. The summed E-state index contributed by atoms with van der Waals surface area (Å²) >= 11 is 0. The highest BCUT2D eigenvalue weighted by Gasteiger charge is 2.15. The van der Waals surface area contributed by atoms with Crippen molar-refractivity contribution >= 4 is 0 Å². The molecule has 0 atom stereocenters. The van der Waals surface area contributed by atoms with Gasteiger partial charge in [-0.05, 0) is 18.4 Å². The van der Waals surface area contributed by atoms with Gasteiger partial charge in [0.15, 0.2) is 5.69 Å². The van der Waals surface area contributed by atoms with Crippen LogP contribution in [-0.2, 0) is 6.54 Å². The van der Waals surface area contributed by atoms with E-state index >= 15 is 0 Å². The van der Waals surface area contributed by atoms with Gasteiger partial charge in [0, 0.05) is 0 Å². The van der Waals surface area contributed by atoms with Crippen LogP contribution in [0.15, 0.2) is 24.3 Å². The molecule has 1 heterocycles. The van der Waals surface area contributed by atoms with Gasteiger partial charge in [-0.25, -0.2) is 4.68 Å². The second-order valence-electron chi connectivity index (χ2n) is 4.73. The molecule has 18 heavy (non-hydrogen) atoms. The van der Waals surface area contributed by atoms with Crippen molar-refractivity contribution in [3.63, 3.8) is 0 Å². The van der Waals surface area contributed by atoms with Gasteiger partial charge >= 0.3 is 0 Å². The van der Waals surface area contributed by atoms with E-state index in [4.69, 9.17) is 5.26 Å². The largest absolute Gasteiger partial charge is 0.243 e. The van der Waals surface area contributed by atoms with Crippen molar-refractivity contribution in [2.24, 2.45) is 0 Å². The maximum Gasteiger partial charge on any atom is 0.186 e. The summed E-state index contributed by atoms with van der Waals surface area (Å²) in [5.41, 5.74) is 3.73. The zero-order chi connectivity index (χ0) is 13.1. The fraction of sp³-hybridized carbons (Fsp3) is 0.357. The summed E-state index contributed by atoms with van der Waals surface area (Å²) < 4.78 is 1.81. The minimum absolute atomic E-state index is 0.236. The molecule has 0 aliphatic rings. The van der Waals surface area contributed by atoms with E-state index in [9.17, 15) is 0 Å². The molecule has 0 saturated carbocycles. The van der Waals surface area contributed by atoms with Crippen molar-refractivity contribution in [2.75, 3.05) is 0 Å². The number of hydrogen-bond donors (Lipinski definition) is 0. The molecule has 0 saturated heterocycles. The van der Waals surface area contributed by atoms with E-state index in [1.807, 2.05) is 18.5 Å². The Bertz CT molecular complexity index is 573.